The molecule has 0 saturated heterocycles. The van der Waals surface area contributed by atoms with E-state index in [0.717, 1.165) is 0 Å². The molecule has 1 N–H and O–H groups in total. The molecule has 1 heterocycles. The van der Waals surface area contributed by atoms with Crippen molar-refractivity contribution in [1.82, 2.24) is 14.9 Å². The van der Waals surface area contributed by atoms with Gasteiger partial charge in [-0.2, -0.15) is 0 Å². The summed E-state index contributed by atoms with van der Waals surface area (Å²) in [7, 11) is 1.52. The van der Waals surface area contributed by atoms with Crippen LogP contribution >= 0.6 is 0 Å². The van der Waals surface area contributed by atoms with Crippen molar-refractivity contribution in [2.24, 2.45) is 0 Å². The van der Waals surface area contributed by atoms with E-state index in [2.05, 4.69) is 10.3 Å². The fourth-order valence-electron chi connectivity index (χ4n) is 1.26. The Morgan fingerprint density at radius 1 is 1.62 bits per heavy atom. The van der Waals surface area contributed by atoms with Crippen molar-refractivity contribution in [3.8, 4) is 0 Å². The monoisotopic (exact) mass is 189 g/mol. The fraction of sp³-hybridized carbons (Fsp3) is 0.625. The van der Waals surface area contributed by atoms with Gasteiger partial charge >= 0.3 is 0 Å². The minimum atomic E-state index is -2.41. The van der Waals surface area contributed by atoms with Gasteiger partial charge in [0.2, 0.25) is 0 Å². The molecule has 1 aromatic rings. The van der Waals surface area contributed by atoms with E-state index in [4.69, 9.17) is 0 Å². The molecular weight excluding hydrogens is 176 g/mol. The number of nitrogens with zero attached hydrogens (tertiary/aromatic N) is 2. The Hall–Kier alpha value is -0.970. The average Bonchev–Trinajstić information content (AvgIpc) is 2.53. The number of imidazole rings is 1. The lowest BCUT2D eigenvalue weighted by molar-refractivity contribution is 0.0987. The third-order valence-electron chi connectivity index (χ3n) is 1.97. The summed E-state index contributed by atoms with van der Waals surface area (Å²) in [6, 6.07) is -0.928. The van der Waals surface area contributed by atoms with Crippen LogP contribution in [0.25, 0.3) is 0 Å². The number of hydrogen-bond acceptors (Lipinski definition) is 2. The SMILES string of the molecule is CCn1cncc1C(NC)C(F)F. The van der Waals surface area contributed by atoms with E-state index in [1.165, 1.54) is 13.2 Å². The van der Waals surface area contributed by atoms with E-state index >= 15 is 0 Å². The van der Waals surface area contributed by atoms with Gasteiger partial charge < -0.3 is 9.88 Å². The zero-order chi connectivity index (χ0) is 9.84. The first kappa shape index (κ1) is 10.1. The van der Waals surface area contributed by atoms with Crippen molar-refractivity contribution < 1.29 is 8.78 Å². The molecule has 0 bridgehead atoms. The second-order valence-electron chi connectivity index (χ2n) is 2.71. The molecule has 1 atom stereocenters. The van der Waals surface area contributed by atoms with Crippen molar-refractivity contribution in [2.45, 2.75) is 25.9 Å². The number of aromatic nitrogens is 2. The van der Waals surface area contributed by atoms with Crippen LogP contribution in [0, 0.1) is 0 Å². The van der Waals surface area contributed by atoms with Gasteiger partial charge in [-0.1, -0.05) is 0 Å². The Kier molecular flexibility index (Phi) is 3.36. The maximum Gasteiger partial charge on any atom is 0.259 e. The molecule has 0 aliphatic heterocycles. The van der Waals surface area contributed by atoms with Crippen LogP contribution in [0.4, 0.5) is 8.78 Å². The number of alkyl halides is 2. The molecule has 0 saturated carbocycles. The summed E-state index contributed by atoms with van der Waals surface area (Å²) in [4.78, 5) is 3.83. The van der Waals surface area contributed by atoms with E-state index in [-0.39, 0.29) is 0 Å². The third-order valence-corrected chi connectivity index (χ3v) is 1.97. The normalized spacial score (nSPS) is 13.6. The highest BCUT2D eigenvalue weighted by molar-refractivity contribution is 5.06. The summed E-state index contributed by atoms with van der Waals surface area (Å²) < 4.78 is 26.7. The summed E-state index contributed by atoms with van der Waals surface area (Å²) in [6.07, 6.45) is 0.616. The van der Waals surface area contributed by atoms with Gasteiger partial charge in [-0.05, 0) is 14.0 Å². The van der Waals surface area contributed by atoms with Gasteiger partial charge in [0.05, 0.1) is 12.0 Å². The Balaban J connectivity index is 2.90. The molecule has 0 aliphatic carbocycles. The molecule has 0 spiro atoms. The highest BCUT2D eigenvalue weighted by atomic mass is 19.3. The highest BCUT2D eigenvalue weighted by Crippen LogP contribution is 2.19. The van der Waals surface area contributed by atoms with E-state index < -0.39 is 12.5 Å². The quantitative estimate of drug-likeness (QED) is 0.776. The van der Waals surface area contributed by atoms with Crippen molar-refractivity contribution >= 4 is 0 Å². The molecule has 0 fully saturated rings. The minimum Gasteiger partial charge on any atom is -0.333 e. The van der Waals surface area contributed by atoms with Crippen molar-refractivity contribution in [1.29, 1.82) is 0 Å². The van der Waals surface area contributed by atoms with E-state index in [9.17, 15) is 8.78 Å². The molecule has 0 aromatic carbocycles. The molecule has 1 rings (SSSR count). The van der Waals surface area contributed by atoms with Crippen molar-refractivity contribution in [3.05, 3.63) is 18.2 Å². The maximum atomic E-state index is 12.5. The van der Waals surface area contributed by atoms with Gasteiger partial charge in [-0.15, -0.1) is 0 Å². The smallest absolute Gasteiger partial charge is 0.259 e. The van der Waals surface area contributed by atoms with Crippen LogP contribution in [0.15, 0.2) is 12.5 Å². The van der Waals surface area contributed by atoms with E-state index in [1.807, 2.05) is 6.92 Å². The topological polar surface area (TPSA) is 29.9 Å². The average molecular weight is 189 g/mol. The molecule has 0 amide bonds. The van der Waals surface area contributed by atoms with E-state index in [0.29, 0.717) is 12.2 Å². The van der Waals surface area contributed by atoms with Crippen LogP contribution in [0.1, 0.15) is 18.7 Å². The predicted octanol–water partition coefficient (Wildman–Crippen LogP) is 1.43. The number of hydrogen-bond donors (Lipinski definition) is 1. The second-order valence-corrected chi connectivity index (χ2v) is 2.71. The summed E-state index contributed by atoms with van der Waals surface area (Å²) in [5.74, 6) is 0. The Bertz CT molecular complexity index is 260. The molecule has 1 aromatic heterocycles. The molecule has 1 unspecified atom stereocenters. The fourth-order valence-corrected chi connectivity index (χ4v) is 1.26. The first-order chi connectivity index (χ1) is 6.20. The number of rotatable bonds is 4. The van der Waals surface area contributed by atoms with Gasteiger partial charge in [0.25, 0.3) is 6.43 Å². The summed E-state index contributed by atoms with van der Waals surface area (Å²) >= 11 is 0. The first-order valence-corrected chi connectivity index (χ1v) is 4.16. The lowest BCUT2D eigenvalue weighted by Crippen LogP contribution is -2.26. The Labute approximate surface area is 75.8 Å². The summed E-state index contributed by atoms with van der Waals surface area (Å²) in [5.41, 5.74) is 0.528. The zero-order valence-corrected chi connectivity index (χ0v) is 7.67. The van der Waals surface area contributed by atoms with Gasteiger partial charge in [-0.25, -0.2) is 13.8 Å². The van der Waals surface area contributed by atoms with Crippen LogP contribution in [-0.2, 0) is 6.54 Å². The van der Waals surface area contributed by atoms with Crippen molar-refractivity contribution in [3.63, 3.8) is 0 Å². The molecule has 5 heteroatoms. The van der Waals surface area contributed by atoms with Crippen LogP contribution in [-0.4, -0.2) is 23.0 Å². The largest absolute Gasteiger partial charge is 0.333 e. The lowest BCUT2D eigenvalue weighted by atomic mass is 10.2. The molecular formula is C8H13F2N3. The Morgan fingerprint density at radius 2 is 2.31 bits per heavy atom. The molecule has 3 nitrogen and oxygen atoms in total. The summed E-state index contributed by atoms with van der Waals surface area (Å²) in [6.45, 7) is 2.55. The van der Waals surface area contributed by atoms with Gasteiger partial charge in [0.15, 0.2) is 0 Å². The summed E-state index contributed by atoms with van der Waals surface area (Å²) in [5, 5.41) is 2.57. The van der Waals surface area contributed by atoms with Crippen LogP contribution in [0.3, 0.4) is 0 Å². The molecule has 74 valence electrons. The Morgan fingerprint density at radius 3 is 2.77 bits per heavy atom. The number of nitrogens with one attached hydrogen (secondary N) is 1. The van der Waals surface area contributed by atoms with Crippen LogP contribution < -0.4 is 5.32 Å². The number of halogens is 2. The lowest BCUT2D eigenvalue weighted by Gasteiger charge is -2.16. The van der Waals surface area contributed by atoms with Gasteiger partial charge in [-0.3, -0.25) is 0 Å². The van der Waals surface area contributed by atoms with Gasteiger partial charge in [0.1, 0.15) is 6.04 Å². The van der Waals surface area contributed by atoms with Crippen molar-refractivity contribution in [2.75, 3.05) is 7.05 Å². The third kappa shape index (κ3) is 2.03. The van der Waals surface area contributed by atoms with E-state index in [1.54, 1.807) is 10.9 Å². The van der Waals surface area contributed by atoms with Gasteiger partial charge in [0, 0.05) is 12.7 Å². The highest BCUT2D eigenvalue weighted by Gasteiger charge is 2.23. The second kappa shape index (κ2) is 4.32. The number of aryl methyl sites for hydroxylation is 1. The molecule has 13 heavy (non-hydrogen) atoms. The molecule has 0 aliphatic rings. The van der Waals surface area contributed by atoms with Crippen LogP contribution in [0.5, 0.6) is 0 Å². The zero-order valence-electron chi connectivity index (χ0n) is 7.67. The van der Waals surface area contributed by atoms with Crippen LogP contribution in [0.2, 0.25) is 0 Å². The maximum absolute atomic E-state index is 12.5. The standard InChI is InChI=1S/C8H13F2N3/c1-3-13-5-12-4-6(13)7(11-2)8(9)10/h4-5,7-8,11H,3H2,1-2H3. The first-order valence-electron chi connectivity index (χ1n) is 4.16. The molecule has 0 radical (unpaired) electrons. The minimum absolute atomic E-state index is 0.528. The predicted molar refractivity (Wildman–Crippen MR) is 45.7 cm³/mol.